The molecule has 8 aromatic rings. The molecule has 308 valence electrons. The molecule has 0 N–H and O–H groups in total. The highest BCUT2D eigenvalue weighted by Crippen LogP contribution is 2.51. The van der Waals surface area contributed by atoms with E-state index in [0.29, 0.717) is 0 Å². The van der Waals surface area contributed by atoms with Crippen LogP contribution in [0.25, 0.3) is 44.5 Å². The Kier molecular flexibility index (Phi) is 11.2. The van der Waals surface area contributed by atoms with Gasteiger partial charge in [0.1, 0.15) is 0 Å². The lowest BCUT2D eigenvalue weighted by Crippen LogP contribution is -2.17. The maximum absolute atomic E-state index is 2.54. The zero-order valence-corrected chi connectivity index (χ0v) is 36.9. The second-order valence-corrected chi connectivity index (χ2v) is 18.3. The molecular weight excluding hydrogens is 757 g/mol. The summed E-state index contributed by atoms with van der Waals surface area (Å²) in [7, 11) is 0. The van der Waals surface area contributed by atoms with Crippen molar-refractivity contribution >= 4 is 11.1 Å². The highest BCUT2D eigenvalue weighted by atomic mass is 14.4. The van der Waals surface area contributed by atoms with Gasteiger partial charge in [0.25, 0.3) is 0 Å². The topological polar surface area (TPSA) is 0 Å². The maximum Gasteiger partial charge on any atom is 0.0159 e. The molecule has 0 amide bonds. The van der Waals surface area contributed by atoms with Gasteiger partial charge in [0.15, 0.2) is 0 Å². The molecule has 0 aliphatic heterocycles. The first kappa shape index (κ1) is 40.3. The minimum absolute atomic E-state index is 0.0853. The summed E-state index contributed by atoms with van der Waals surface area (Å²) in [5.41, 5.74) is 22.9. The van der Waals surface area contributed by atoms with Gasteiger partial charge in [-0.2, -0.15) is 0 Å². The quantitative estimate of drug-likeness (QED) is 0.115. The van der Waals surface area contributed by atoms with Gasteiger partial charge >= 0.3 is 0 Å². The summed E-state index contributed by atoms with van der Waals surface area (Å²) < 4.78 is 0. The summed E-state index contributed by atoms with van der Waals surface area (Å²) in [5.74, 6) is 0.435. The molecule has 0 bridgehead atoms. The Bertz CT molecular complexity index is 2890. The Labute approximate surface area is 375 Å². The van der Waals surface area contributed by atoms with Crippen LogP contribution in [0.5, 0.6) is 0 Å². The van der Waals surface area contributed by atoms with Crippen LogP contribution in [0, 0.1) is 0 Å². The number of hydrogen-bond donors (Lipinski definition) is 0. The van der Waals surface area contributed by atoms with Crippen LogP contribution in [-0.2, 0) is 18.3 Å². The highest BCUT2D eigenvalue weighted by Gasteiger charge is 2.36. The molecule has 0 saturated carbocycles. The number of aryl methyl sites for hydroxylation is 2. The van der Waals surface area contributed by atoms with Gasteiger partial charge < -0.3 is 0 Å². The fourth-order valence-corrected chi connectivity index (χ4v) is 10.4. The zero-order valence-electron chi connectivity index (χ0n) is 36.9. The molecule has 63 heavy (non-hydrogen) atoms. The molecule has 0 fully saturated rings. The predicted molar refractivity (Wildman–Crippen MR) is 268 cm³/mol. The molecule has 0 radical (unpaired) electrons. The number of rotatable bonds is 12. The van der Waals surface area contributed by atoms with Crippen LogP contribution in [0.15, 0.2) is 212 Å². The van der Waals surface area contributed by atoms with Gasteiger partial charge in [-0.1, -0.05) is 233 Å². The van der Waals surface area contributed by atoms with Gasteiger partial charge in [0.2, 0.25) is 0 Å². The van der Waals surface area contributed by atoms with E-state index >= 15 is 0 Å². The van der Waals surface area contributed by atoms with Gasteiger partial charge in [-0.3, -0.25) is 0 Å². The average Bonchev–Trinajstić information content (AvgIpc) is 3.57. The second kappa shape index (κ2) is 17.5. The molecular formula is C63H56. The minimum Gasteiger partial charge on any atom is -0.0763 e. The van der Waals surface area contributed by atoms with E-state index in [1.54, 1.807) is 0 Å². The standard InChI is InChI=1S/C63H56/c1-44(55-38-40-59-58-39-27-46(41-60(58)63(2,3)61(59)43-55)16-13-15-45-25-28-50(29-26-45)47-17-7-4-8-18-47)62(53-34-30-51(31-35-53)48-19-9-5-10-20-48)54-36-32-52(33-37-54)57-24-14-23-56(42-57)49-21-11-6-12-22-49/h4-12,17-22,24-44,62H,13-16,23H2,1-3H3. The molecule has 8 aromatic carbocycles. The van der Waals surface area contributed by atoms with E-state index in [9.17, 15) is 0 Å². The van der Waals surface area contributed by atoms with Crippen LogP contribution < -0.4 is 0 Å². The van der Waals surface area contributed by atoms with E-state index in [4.69, 9.17) is 0 Å². The first-order chi connectivity index (χ1) is 30.9. The molecule has 0 heterocycles. The van der Waals surface area contributed by atoms with Crippen LogP contribution in [0.4, 0.5) is 0 Å². The second-order valence-electron chi connectivity index (χ2n) is 18.3. The van der Waals surface area contributed by atoms with E-state index < -0.39 is 0 Å². The van der Waals surface area contributed by atoms with Gasteiger partial charge in [-0.05, 0) is 133 Å². The Balaban J connectivity index is 0.907. The minimum atomic E-state index is -0.0853. The summed E-state index contributed by atoms with van der Waals surface area (Å²) in [6.45, 7) is 7.30. The molecule has 0 spiro atoms. The van der Waals surface area contributed by atoms with Crippen LogP contribution in [0.1, 0.15) is 102 Å². The van der Waals surface area contributed by atoms with Crippen LogP contribution >= 0.6 is 0 Å². The number of hydrogen-bond acceptors (Lipinski definition) is 0. The number of benzene rings is 8. The van der Waals surface area contributed by atoms with Crippen molar-refractivity contribution in [3.8, 4) is 33.4 Å². The molecule has 0 nitrogen and oxygen atoms in total. The number of fused-ring (bicyclic) bond motifs is 3. The lowest BCUT2D eigenvalue weighted by Gasteiger charge is -2.28. The molecule has 0 aromatic heterocycles. The van der Waals surface area contributed by atoms with Crippen molar-refractivity contribution < 1.29 is 0 Å². The van der Waals surface area contributed by atoms with Crippen LogP contribution in [-0.4, -0.2) is 0 Å². The molecule has 2 atom stereocenters. The third-order valence-electron chi connectivity index (χ3n) is 14.0. The van der Waals surface area contributed by atoms with E-state index in [1.807, 2.05) is 0 Å². The van der Waals surface area contributed by atoms with E-state index in [1.165, 1.54) is 94.6 Å². The van der Waals surface area contributed by atoms with Crippen molar-refractivity contribution in [1.82, 2.24) is 0 Å². The monoisotopic (exact) mass is 812 g/mol. The lowest BCUT2D eigenvalue weighted by molar-refractivity contribution is 0.639. The summed E-state index contributed by atoms with van der Waals surface area (Å²) in [6.07, 6.45) is 10.2. The van der Waals surface area contributed by atoms with Gasteiger partial charge in [-0.15, -0.1) is 0 Å². The molecule has 2 aliphatic carbocycles. The number of allylic oxidation sites excluding steroid dienone is 4. The zero-order chi connectivity index (χ0) is 42.8. The summed E-state index contributed by atoms with van der Waals surface area (Å²) >= 11 is 0. The molecule has 0 saturated heterocycles. The van der Waals surface area contributed by atoms with Crippen molar-refractivity contribution in [2.75, 3.05) is 0 Å². The Morgan fingerprint density at radius 3 is 1.51 bits per heavy atom. The Morgan fingerprint density at radius 2 is 0.905 bits per heavy atom. The summed E-state index contributed by atoms with van der Waals surface area (Å²) in [4.78, 5) is 0. The third kappa shape index (κ3) is 8.31. The van der Waals surface area contributed by atoms with Gasteiger partial charge in [0.05, 0.1) is 0 Å². The fraction of sp³-hybridized carbons (Fsp3) is 0.175. The maximum atomic E-state index is 2.54. The molecule has 0 heteroatoms. The third-order valence-corrected chi connectivity index (χ3v) is 14.0. The first-order valence-electron chi connectivity index (χ1n) is 23.0. The molecule has 2 aliphatic rings. The first-order valence-corrected chi connectivity index (χ1v) is 23.0. The van der Waals surface area contributed by atoms with Crippen molar-refractivity contribution in [3.63, 3.8) is 0 Å². The Morgan fingerprint density at radius 1 is 0.444 bits per heavy atom. The van der Waals surface area contributed by atoms with Crippen molar-refractivity contribution in [3.05, 3.63) is 262 Å². The van der Waals surface area contributed by atoms with Crippen molar-refractivity contribution in [1.29, 1.82) is 0 Å². The lowest BCUT2D eigenvalue weighted by atomic mass is 9.75. The van der Waals surface area contributed by atoms with Gasteiger partial charge in [-0.25, -0.2) is 0 Å². The van der Waals surface area contributed by atoms with Crippen molar-refractivity contribution in [2.24, 2.45) is 0 Å². The molecule has 10 rings (SSSR count). The fourth-order valence-electron chi connectivity index (χ4n) is 10.4. The van der Waals surface area contributed by atoms with E-state index in [-0.39, 0.29) is 17.3 Å². The van der Waals surface area contributed by atoms with Gasteiger partial charge in [0, 0.05) is 11.3 Å². The summed E-state index contributed by atoms with van der Waals surface area (Å²) in [5, 5.41) is 0. The summed E-state index contributed by atoms with van der Waals surface area (Å²) in [6, 6.07) is 74.9. The van der Waals surface area contributed by atoms with Crippen molar-refractivity contribution in [2.45, 2.75) is 70.1 Å². The largest absolute Gasteiger partial charge is 0.0763 e. The Hall–Kier alpha value is -6.76. The van der Waals surface area contributed by atoms with E-state index in [0.717, 1.165) is 32.1 Å². The van der Waals surface area contributed by atoms with Crippen LogP contribution in [0.3, 0.4) is 0 Å². The van der Waals surface area contributed by atoms with E-state index in [2.05, 4.69) is 233 Å². The average molecular weight is 813 g/mol. The SMILES string of the molecule is CC(c1ccc2c(c1)C(C)(C)c1cc(CCCc3ccc(-c4ccccc4)cc3)ccc1-2)C(c1ccc(C2=CCCC(c3ccccc3)=C2)cc1)c1ccc(-c2ccccc2)cc1. The predicted octanol–water partition coefficient (Wildman–Crippen LogP) is 16.7. The normalized spacial score (nSPS) is 14.8. The van der Waals surface area contributed by atoms with Crippen LogP contribution in [0.2, 0.25) is 0 Å². The molecule has 2 unspecified atom stereocenters. The smallest absolute Gasteiger partial charge is 0.0159 e. The highest BCUT2D eigenvalue weighted by molar-refractivity contribution is 5.86.